The first-order valence-electron chi connectivity index (χ1n) is 6.19. The summed E-state index contributed by atoms with van der Waals surface area (Å²) in [5.41, 5.74) is 0.908. The fourth-order valence-corrected chi connectivity index (χ4v) is 4.33. The van der Waals surface area contributed by atoms with Gasteiger partial charge in [0.15, 0.2) is 9.84 Å². The van der Waals surface area contributed by atoms with Crippen LogP contribution in [-0.4, -0.2) is 31.9 Å². The molecular weight excluding hydrogens is 330 g/mol. The van der Waals surface area contributed by atoms with Gasteiger partial charge in [0.05, 0.1) is 17.9 Å². The molecule has 0 aromatic heterocycles. The van der Waals surface area contributed by atoms with Crippen LogP contribution < -0.4 is 5.32 Å². The Kier molecular flexibility index (Phi) is 4.62. The van der Waals surface area contributed by atoms with Gasteiger partial charge in [0.25, 0.3) is 0 Å². The maximum absolute atomic E-state index is 11.9. The lowest BCUT2D eigenvalue weighted by Crippen LogP contribution is -2.43. The summed E-state index contributed by atoms with van der Waals surface area (Å²) in [5.74, 6) is 0.183. The third-order valence-electron chi connectivity index (χ3n) is 3.08. The molecule has 1 amide bonds. The molecular formula is C13H16BrNO3S. The van der Waals surface area contributed by atoms with Crippen molar-refractivity contribution in [3.8, 4) is 0 Å². The summed E-state index contributed by atoms with van der Waals surface area (Å²) in [5, 5.41) is 2.81. The zero-order chi connectivity index (χ0) is 13.9. The van der Waals surface area contributed by atoms with Gasteiger partial charge in [-0.2, -0.15) is 0 Å². The number of nitrogens with one attached hydrogen (secondary N) is 1. The molecule has 1 aromatic carbocycles. The SMILES string of the molecule is O=C(Cc1cccc(Br)c1)N[C@@H]1CCCS(=O)(=O)C1. The molecule has 0 spiro atoms. The highest BCUT2D eigenvalue weighted by molar-refractivity contribution is 9.10. The largest absolute Gasteiger partial charge is 0.352 e. The van der Waals surface area contributed by atoms with E-state index in [0.29, 0.717) is 6.42 Å². The molecule has 4 nitrogen and oxygen atoms in total. The van der Waals surface area contributed by atoms with Gasteiger partial charge in [-0.1, -0.05) is 28.1 Å². The summed E-state index contributed by atoms with van der Waals surface area (Å²) < 4.78 is 23.9. The Bertz CT molecular complexity index is 571. The Hall–Kier alpha value is -0.880. The van der Waals surface area contributed by atoms with Crippen LogP contribution in [-0.2, 0) is 21.1 Å². The molecule has 1 aromatic rings. The topological polar surface area (TPSA) is 63.2 Å². The molecule has 1 N–H and O–H groups in total. The van der Waals surface area contributed by atoms with E-state index in [9.17, 15) is 13.2 Å². The van der Waals surface area contributed by atoms with Gasteiger partial charge in [0, 0.05) is 10.5 Å². The Labute approximate surface area is 121 Å². The second-order valence-electron chi connectivity index (χ2n) is 4.83. The van der Waals surface area contributed by atoms with E-state index in [0.717, 1.165) is 16.5 Å². The number of hydrogen-bond acceptors (Lipinski definition) is 3. The minimum Gasteiger partial charge on any atom is -0.352 e. The van der Waals surface area contributed by atoms with Crippen LogP contribution >= 0.6 is 15.9 Å². The molecule has 1 fully saturated rings. The average molecular weight is 346 g/mol. The van der Waals surface area contributed by atoms with Gasteiger partial charge in [0.2, 0.25) is 5.91 Å². The van der Waals surface area contributed by atoms with Crippen molar-refractivity contribution in [3.63, 3.8) is 0 Å². The number of amides is 1. The van der Waals surface area contributed by atoms with Gasteiger partial charge in [0.1, 0.15) is 0 Å². The number of carbonyl (C=O) groups excluding carboxylic acids is 1. The van der Waals surface area contributed by atoms with Crippen LogP contribution in [0.4, 0.5) is 0 Å². The summed E-state index contributed by atoms with van der Waals surface area (Å²) in [7, 11) is -2.98. The van der Waals surface area contributed by atoms with E-state index in [1.165, 1.54) is 0 Å². The molecule has 1 aliphatic rings. The third-order valence-corrected chi connectivity index (χ3v) is 5.40. The summed E-state index contributed by atoms with van der Waals surface area (Å²) in [6, 6.07) is 7.30. The lowest BCUT2D eigenvalue weighted by atomic mass is 10.1. The van der Waals surface area contributed by atoms with Crippen molar-refractivity contribution in [1.29, 1.82) is 0 Å². The van der Waals surface area contributed by atoms with Gasteiger partial charge in [-0.15, -0.1) is 0 Å². The molecule has 0 aliphatic carbocycles. The van der Waals surface area contributed by atoms with Crippen LogP contribution in [0.1, 0.15) is 18.4 Å². The molecule has 2 rings (SSSR count). The first kappa shape index (κ1) is 14.5. The monoisotopic (exact) mass is 345 g/mol. The average Bonchev–Trinajstić information content (AvgIpc) is 2.27. The number of rotatable bonds is 3. The standard InChI is InChI=1S/C13H16BrNO3S/c14-11-4-1-3-10(7-11)8-13(16)15-12-5-2-6-19(17,18)9-12/h1,3-4,7,12H,2,5-6,8-9H2,(H,15,16)/t12-/m1/s1. The highest BCUT2D eigenvalue weighted by atomic mass is 79.9. The number of halogens is 1. The maximum atomic E-state index is 11.9. The highest BCUT2D eigenvalue weighted by Gasteiger charge is 2.25. The first-order chi connectivity index (χ1) is 8.94. The van der Waals surface area contributed by atoms with Gasteiger partial charge in [-0.05, 0) is 30.5 Å². The smallest absolute Gasteiger partial charge is 0.224 e. The number of hydrogen-bond donors (Lipinski definition) is 1. The van der Waals surface area contributed by atoms with Crippen LogP contribution in [0, 0.1) is 0 Å². The number of sulfone groups is 1. The summed E-state index contributed by atoms with van der Waals surface area (Å²) >= 11 is 3.35. The van der Waals surface area contributed by atoms with E-state index in [1.54, 1.807) is 0 Å². The molecule has 0 radical (unpaired) electrons. The molecule has 1 heterocycles. The van der Waals surface area contributed by atoms with Crippen molar-refractivity contribution in [1.82, 2.24) is 5.32 Å². The van der Waals surface area contributed by atoms with Gasteiger partial charge >= 0.3 is 0 Å². The van der Waals surface area contributed by atoms with E-state index in [4.69, 9.17) is 0 Å². The summed E-state index contributed by atoms with van der Waals surface area (Å²) in [6.45, 7) is 0. The van der Waals surface area contributed by atoms with E-state index in [-0.39, 0.29) is 29.9 Å². The van der Waals surface area contributed by atoms with E-state index in [2.05, 4.69) is 21.2 Å². The fourth-order valence-electron chi connectivity index (χ4n) is 2.25. The predicted molar refractivity (Wildman–Crippen MR) is 77.7 cm³/mol. The molecule has 0 bridgehead atoms. The Morgan fingerprint density at radius 3 is 2.89 bits per heavy atom. The van der Waals surface area contributed by atoms with Crippen LogP contribution in [0.3, 0.4) is 0 Å². The Balaban J connectivity index is 1.91. The molecule has 104 valence electrons. The molecule has 19 heavy (non-hydrogen) atoms. The first-order valence-corrected chi connectivity index (χ1v) is 8.80. The zero-order valence-corrected chi connectivity index (χ0v) is 12.8. The maximum Gasteiger partial charge on any atom is 0.224 e. The molecule has 0 saturated carbocycles. The van der Waals surface area contributed by atoms with Crippen LogP contribution in [0.5, 0.6) is 0 Å². The molecule has 1 saturated heterocycles. The fraction of sp³-hybridized carbons (Fsp3) is 0.462. The highest BCUT2D eigenvalue weighted by Crippen LogP contribution is 2.14. The van der Waals surface area contributed by atoms with Crippen molar-refractivity contribution in [2.75, 3.05) is 11.5 Å². The minimum atomic E-state index is -2.98. The molecule has 1 aliphatic heterocycles. The number of benzene rings is 1. The molecule has 6 heteroatoms. The molecule has 0 unspecified atom stereocenters. The predicted octanol–water partition coefficient (Wildman–Crippen LogP) is 1.69. The van der Waals surface area contributed by atoms with Crippen LogP contribution in [0.15, 0.2) is 28.7 Å². The van der Waals surface area contributed by atoms with Crippen LogP contribution in [0.2, 0.25) is 0 Å². The van der Waals surface area contributed by atoms with Gasteiger partial charge in [-0.25, -0.2) is 8.42 Å². The van der Waals surface area contributed by atoms with Crippen molar-refractivity contribution < 1.29 is 13.2 Å². The minimum absolute atomic E-state index is 0.0667. The Morgan fingerprint density at radius 2 is 2.21 bits per heavy atom. The second kappa shape index (κ2) is 6.05. The Morgan fingerprint density at radius 1 is 1.42 bits per heavy atom. The normalized spacial score (nSPS) is 21.8. The van der Waals surface area contributed by atoms with E-state index >= 15 is 0 Å². The van der Waals surface area contributed by atoms with E-state index < -0.39 is 9.84 Å². The summed E-state index contributed by atoms with van der Waals surface area (Å²) in [6.07, 6.45) is 1.64. The third kappa shape index (κ3) is 4.62. The van der Waals surface area contributed by atoms with Crippen LogP contribution in [0.25, 0.3) is 0 Å². The lowest BCUT2D eigenvalue weighted by molar-refractivity contribution is -0.121. The summed E-state index contributed by atoms with van der Waals surface area (Å²) in [4.78, 5) is 11.9. The van der Waals surface area contributed by atoms with E-state index in [1.807, 2.05) is 24.3 Å². The zero-order valence-electron chi connectivity index (χ0n) is 10.4. The number of carbonyl (C=O) groups is 1. The van der Waals surface area contributed by atoms with Gasteiger partial charge < -0.3 is 5.32 Å². The van der Waals surface area contributed by atoms with Crippen molar-refractivity contribution in [2.45, 2.75) is 25.3 Å². The molecule has 1 atom stereocenters. The van der Waals surface area contributed by atoms with Crippen molar-refractivity contribution >= 4 is 31.7 Å². The second-order valence-corrected chi connectivity index (χ2v) is 7.97. The van der Waals surface area contributed by atoms with Crippen molar-refractivity contribution in [2.24, 2.45) is 0 Å². The lowest BCUT2D eigenvalue weighted by Gasteiger charge is -2.23. The van der Waals surface area contributed by atoms with Gasteiger partial charge in [-0.3, -0.25) is 4.79 Å². The van der Waals surface area contributed by atoms with Crippen molar-refractivity contribution in [3.05, 3.63) is 34.3 Å². The quantitative estimate of drug-likeness (QED) is 0.906.